The zero-order valence-electron chi connectivity index (χ0n) is 11.2. The van der Waals surface area contributed by atoms with Crippen molar-refractivity contribution < 1.29 is 4.39 Å². The Kier molecular flexibility index (Phi) is 4.06. The second-order valence-corrected chi connectivity index (χ2v) is 6.15. The summed E-state index contributed by atoms with van der Waals surface area (Å²) in [6, 6.07) is 15.7. The van der Waals surface area contributed by atoms with Crippen molar-refractivity contribution in [2.45, 2.75) is 25.3 Å². The summed E-state index contributed by atoms with van der Waals surface area (Å²) in [6.07, 6.45) is 3.52. The van der Waals surface area contributed by atoms with Crippen molar-refractivity contribution in [1.29, 1.82) is 0 Å². The lowest BCUT2D eigenvalue weighted by atomic mass is 9.94. The SMILES string of the molecule is Fc1cccc(N2CCCCC2c2ccc(Br)cc2)c1. The van der Waals surface area contributed by atoms with Crippen LogP contribution in [0.15, 0.2) is 53.0 Å². The van der Waals surface area contributed by atoms with Gasteiger partial charge in [0.15, 0.2) is 0 Å². The molecule has 104 valence electrons. The fourth-order valence-electron chi connectivity index (χ4n) is 2.93. The van der Waals surface area contributed by atoms with E-state index in [9.17, 15) is 4.39 Å². The highest BCUT2D eigenvalue weighted by atomic mass is 79.9. The Morgan fingerprint density at radius 3 is 2.60 bits per heavy atom. The van der Waals surface area contributed by atoms with Gasteiger partial charge in [-0.1, -0.05) is 34.1 Å². The predicted octanol–water partition coefficient (Wildman–Crippen LogP) is 5.32. The van der Waals surface area contributed by atoms with Crippen LogP contribution in [-0.2, 0) is 0 Å². The number of benzene rings is 2. The largest absolute Gasteiger partial charge is 0.364 e. The average molecular weight is 334 g/mol. The Morgan fingerprint density at radius 1 is 1.05 bits per heavy atom. The molecule has 20 heavy (non-hydrogen) atoms. The van der Waals surface area contributed by atoms with Crippen molar-refractivity contribution in [2.24, 2.45) is 0 Å². The van der Waals surface area contributed by atoms with E-state index >= 15 is 0 Å². The van der Waals surface area contributed by atoms with E-state index in [0.29, 0.717) is 6.04 Å². The third-order valence-electron chi connectivity index (χ3n) is 3.90. The van der Waals surface area contributed by atoms with Crippen LogP contribution in [0.25, 0.3) is 0 Å². The van der Waals surface area contributed by atoms with Crippen molar-refractivity contribution in [1.82, 2.24) is 0 Å². The van der Waals surface area contributed by atoms with Gasteiger partial charge in [-0.2, -0.15) is 0 Å². The van der Waals surface area contributed by atoms with Crippen LogP contribution in [0.1, 0.15) is 30.9 Å². The predicted molar refractivity (Wildman–Crippen MR) is 84.5 cm³/mol. The van der Waals surface area contributed by atoms with Crippen molar-refractivity contribution in [3.05, 3.63) is 64.4 Å². The molecule has 0 bridgehead atoms. The van der Waals surface area contributed by atoms with Crippen LogP contribution in [0.3, 0.4) is 0 Å². The maximum atomic E-state index is 13.5. The van der Waals surface area contributed by atoms with E-state index in [0.717, 1.165) is 23.1 Å². The molecule has 0 spiro atoms. The van der Waals surface area contributed by atoms with Crippen molar-refractivity contribution in [3.63, 3.8) is 0 Å². The van der Waals surface area contributed by atoms with Gasteiger partial charge in [0.2, 0.25) is 0 Å². The summed E-state index contributed by atoms with van der Waals surface area (Å²) >= 11 is 3.48. The van der Waals surface area contributed by atoms with Gasteiger partial charge in [-0.05, 0) is 55.2 Å². The molecule has 1 atom stereocenters. The summed E-state index contributed by atoms with van der Waals surface area (Å²) < 4.78 is 14.6. The molecule has 1 aliphatic heterocycles. The molecule has 1 aliphatic rings. The van der Waals surface area contributed by atoms with Crippen LogP contribution in [0.5, 0.6) is 0 Å². The Labute approximate surface area is 127 Å². The summed E-state index contributed by atoms with van der Waals surface area (Å²) in [4.78, 5) is 2.33. The van der Waals surface area contributed by atoms with Crippen LogP contribution in [0.2, 0.25) is 0 Å². The molecule has 0 aromatic heterocycles. The normalized spacial score (nSPS) is 19.1. The van der Waals surface area contributed by atoms with E-state index in [-0.39, 0.29) is 5.82 Å². The van der Waals surface area contributed by atoms with Crippen LogP contribution in [-0.4, -0.2) is 6.54 Å². The molecule has 0 amide bonds. The number of piperidine rings is 1. The monoisotopic (exact) mass is 333 g/mol. The van der Waals surface area contributed by atoms with Crippen molar-refractivity contribution in [3.8, 4) is 0 Å². The average Bonchev–Trinajstić information content (AvgIpc) is 2.48. The first-order valence-electron chi connectivity index (χ1n) is 7.02. The van der Waals surface area contributed by atoms with Gasteiger partial charge in [-0.3, -0.25) is 0 Å². The fourth-order valence-corrected chi connectivity index (χ4v) is 3.19. The minimum Gasteiger partial charge on any atom is -0.364 e. The minimum atomic E-state index is -0.164. The van der Waals surface area contributed by atoms with Crippen LogP contribution < -0.4 is 4.90 Å². The molecule has 0 saturated carbocycles. The molecule has 1 heterocycles. The fraction of sp³-hybridized carbons (Fsp3) is 0.294. The van der Waals surface area contributed by atoms with E-state index in [1.54, 1.807) is 12.1 Å². The molecule has 1 saturated heterocycles. The smallest absolute Gasteiger partial charge is 0.125 e. The molecular formula is C17H17BrFN. The zero-order valence-corrected chi connectivity index (χ0v) is 12.8. The van der Waals surface area contributed by atoms with E-state index < -0.39 is 0 Å². The molecule has 2 aromatic rings. The summed E-state index contributed by atoms with van der Waals surface area (Å²) in [5, 5.41) is 0. The first kappa shape index (κ1) is 13.6. The lowest BCUT2D eigenvalue weighted by molar-refractivity contribution is 0.472. The molecule has 3 rings (SSSR count). The van der Waals surface area contributed by atoms with Gasteiger partial charge in [-0.25, -0.2) is 4.39 Å². The molecule has 1 nitrogen and oxygen atoms in total. The number of hydrogen-bond donors (Lipinski definition) is 0. The Balaban J connectivity index is 1.93. The topological polar surface area (TPSA) is 3.24 Å². The lowest BCUT2D eigenvalue weighted by Crippen LogP contribution is -2.33. The highest BCUT2D eigenvalue weighted by Gasteiger charge is 2.24. The second kappa shape index (κ2) is 5.96. The van der Waals surface area contributed by atoms with Crippen LogP contribution >= 0.6 is 15.9 Å². The first-order chi connectivity index (χ1) is 9.74. The minimum absolute atomic E-state index is 0.164. The number of halogens is 2. The molecule has 0 radical (unpaired) electrons. The highest BCUT2D eigenvalue weighted by molar-refractivity contribution is 9.10. The van der Waals surface area contributed by atoms with E-state index in [1.165, 1.54) is 24.5 Å². The quantitative estimate of drug-likeness (QED) is 0.718. The molecule has 1 unspecified atom stereocenters. The van der Waals surface area contributed by atoms with Crippen molar-refractivity contribution >= 4 is 21.6 Å². The van der Waals surface area contributed by atoms with Gasteiger partial charge in [0.25, 0.3) is 0 Å². The molecule has 3 heteroatoms. The van der Waals surface area contributed by atoms with Gasteiger partial charge in [-0.15, -0.1) is 0 Å². The lowest BCUT2D eigenvalue weighted by Gasteiger charge is -2.38. The van der Waals surface area contributed by atoms with Crippen molar-refractivity contribution in [2.75, 3.05) is 11.4 Å². The third-order valence-corrected chi connectivity index (χ3v) is 4.43. The Hall–Kier alpha value is -1.35. The standard InChI is InChI=1S/C17H17BrFN/c18-14-9-7-13(8-10-14)17-6-1-2-11-20(17)16-5-3-4-15(19)12-16/h3-5,7-10,12,17H,1-2,6,11H2. The van der Waals surface area contributed by atoms with Gasteiger partial charge in [0, 0.05) is 16.7 Å². The number of anilines is 1. The summed E-state index contributed by atoms with van der Waals surface area (Å²) in [5.74, 6) is -0.164. The van der Waals surface area contributed by atoms with Crippen LogP contribution in [0, 0.1) is 5.82 Å². The molecule has 1 fully saturated rings. The van der Waals surface area contributed by atoms with Gasteiger partial charge in [0.05, 0.1) is 6.04 Å². The summed E-state index contributed by atoms with van der Waals surface area (Å²) in [7, 11) is 0. The number of nitrogens with zero attached hydrogens (tertiary/aromatic N) is 1. The van der Waals surface area contributed by atoms with E-state index in [1.807, 2.05) is 6.07 Å². The van der Waals surface area contributed by atoms with E-state index in [2.05, 4.69) is 45.1 Å². The molecule has 0 aliphatic carbocycles. The Bertz CT molecular complexity index is 582. The summed E-state index contributed by atoms with van der Waals surface area (Å²) in [5.41, 5.74) is 2.29. The van der Waals surface area contributed by atoms with Gasteiger partial charge in [0.1, 0.15) is 5.82 Å². The van der Waals surface area contributed by atoms with Gasteiger partial charge >= 0.3 is 0 Å². The highest BCUT2D eigenvalue weighted by Crippen LogP contribution is 2.35. The van der Waals surface area contributed by atoms with Crippen LogP contribution in [0.4, 0.5) is 10.1 Å². The number of hydrogen-bond acceptors (Lipinski definition) is 1. The third kappa shape index (κ3) is 2.88. The maximum Gasteiger partial charge on any atom is 0.125 e. The second-order valence-electron chi connectivity index (χ2n) is 5.24. The Morgan fingerprint density at radius 2 is 1.85 bits per heavy atom. The maximum absolute atomic E-state index is 13.5. The number of rotatable bonds is 2. The molecule has 2 aromatic carbocycles. The molecule has 0 N–H and O–H groups in total. The summed E-state index contributed by atoms with van der Waals surface area (Å²) in [6.45, 7) is 0.990. The first-order valence-corrected chi connectivity index (χ1v) is 7.81. The van der Waals surface area contributed by atoms with E-state index in [4.69, 9.17) is 0 Å². The molecular weight excluding hydrogens is 317 g/mol. The zero-order chi connectivity index (χ0) is 13.9. The van der Waals surface area contributed by atoms with Gasteiger partial charge < -0.3 is 4.90 Å².